The molecule has 0 radical (unpaired) electrons. The number of methoxy groups -OCH3 is 1. The quantitative estimate of drug-likeness (QED) is 0.504. The van der Waals surface area contributed by atoms with Gasteiger partial charge in [-0.25, -0.2) is 0 Å². The summed E-state index contributed by atoms with van der Waals surface area (Å²) in [7, 11) is 1.39. The highest BCUT2D eigenvalue weighted by Gasteiger charge is 2.15. The van der Waals surface area contributed by atoms with Crippen LogP contribution in [0.4, 0.5) is 0 Å². The highest BCUT2D eigenvalue weighted by atomic mass is 16.5. The van der Waals surface area contributed by atoms with Gasteiger partial charge in [-0.1, -0.05) is 0 Å². The van der Waals surface area contributed by atoms with Crippen molar-refractivity contribution in [3.63, 3.8) is 0 Å². The monoisotopic (exact) mass is 245 g/mol. The molecule has 0 aliphatic carbocycles. The van der Waals surface area contributed by atoms with E-state index in [0.717, 1.165) is 32.4 Å². The summed E-state index contributed by atoms with van der Waals surface area (Å²) in [6, 6.07) is -0.252. The summed E-state index contributed by atoms with van der Waals surface area (Å²) in [5.41, 5.74) is 0. The van der Waals surface area contributed by atoms with Crippen molar-refractivity contribution in [2.75, 3.05) is 33.5 Å². The van der Waals surface area contributed by atoms with Crippen LogP contribution in [0.3, 0.4) is 0 Å². The second-order valence-corrected chi connectivity index (χ2v) is 4.26. The van der Waals surface area contributed by atoms with Gasteiger partial charge in [0.1, 0.15) is 6.04 Å². The van der Waals surface area contributed by atoms with Crippen molar-refractivity contribution < 1.29 is 19.0 Å². The number of esters is 1. The van der Waals surface area contributed by atoms with Gasteiger partial charge >= 0.3 is 5.97 Å². The second kappa shape index (κ2) is 8.44. The Kier molecular flexibility index (Phi) is 7.16. The summed E-state index contributed by atoms with van der Waals surface area (Å²) in [4.78, 5) is 11.1. The van der Waals surface area contributed by atoms with Crippen LogP contribution in [0.1, 0.15) is 26.2 Å². The largest absolute Gasteiger partial charge is 0.468 e. The molecule has 1 heterocycles. The molecule has 1 rings (SSSR count). The molecule has 0 aromatic carbocycles. The van der Waals surface area contributed by atoms with E-state index in [2.05, 4.69) is 10.1 Å². The topological polar surface area (TPSA) is 56.8 Å². The molecule has 2 unspecified atom stereocenters. The van der Waals surface area contributed by atoms with E-state index in [0.29, 0.717) is 13.2 Å². The highest BCUT2D eigenvalue weighted by molar-refractivity contribution is 5.74. The molecular formula is C12H23NO4. The number of carbonyl (C=O) groups is 1. The van der Waals surface area contributed by atoms with Crippen LogP contribution in [0.2, 0.25) is 0 Å². The predicted octanol–water partition coefficient (Wildman–Crippen LogP) is 0.723. The SMILES string of the molecule is COC(=O)C(C)NCCCOCC1CCCO1. The van der Waals surface area contributed by atoms with E-state index in [1.54, 1.807) is 6.92 Å². The van der Waals surface area contributed by atoms with E-state index >= 15 is 0 Å². The van der Waals surface area contributed by atoms with Crippen molar-refractivity contribution in [3.8, 4) is 0 Å². The number of rotatable bonds is 8. The number of hydrogen-bond donors (Lipinski definition) is 1. The fourth-order valence-corrected chi connectivity index (χ4v) is 1.74. The normalized spacial score (nSPS) is 21.4. The van der Waals surface area contributed by atoms with Gasteiger partial charge in [0.05, 0.1) is 19.8 Å². The van der Waals surface area contributed by atoms with Gasteiger partial charge in [0.15, 0.2) is 0 Å². The van der Waals surface area contributed by atoms with Crippen LogP contribution in [0, 0.1) is 0 Å². The lowest BCUT2D eigenvalue weighted by Crippen LogP contribution is -2.35. The maximum absolute atomic E-state index is 11.1. The number of nitrogens with one attached hydrogen (secondary N) is 1. The smallest absolute Gasteiger partial charge is 0.322 e. The summed E-state index contributed by atoms with van der Waals surface area (Å²) in [6.45, 7) is 4.79. The molecule has 0 spiro atoms. The van der Waals surface area contributed by atoms with Crippen LogP contribution in [0.5, 0.6) is 0 Å². The van der Waals surface area contributed by atoms with Crippen LogP contribution in [-0.2, 0) is 19.0 Å². The van der Waals surface area contributed by atoms with E-state index in [9.17, 15) is 4.79 Å². The number of carbonyl (C=O) groups excluding carboxylic acids is 1. The van der Waals surface area contributed by atoms with Crippen LogP contribution in [0.25, 0.3) is 0 Å². The molecule has 1 fully saturated rings. The lowest BCUT2D eigenvalue weighted by Gasteiger charge is -2.12. The van der Waals surface area contributed by atoms with E-state index in [1.807, 2.05) is 0 Å². The molecule has 100 valence electrons. The molecule has 1 aliphatic heterocycles. The van der Waals surface area contributed by atoms with Crippen molar-refractivity contribution in [3.05, 3.63) is 0 Å². The van der Waals surface area contributed by atoms with Gasteiger partial charge in [-0.2, -0.15) is 0 Å². The molecule has 0 aromatic rings. The van der Waals surface area contributed by atoms with Crippen LogP contribution >= 0.6 is 0 Å². The maximum Gasteiger partial charge on any atom is 0.322 e. The minimum absolute atomic E-state index is 0.231. The lowest BCUT2D eigenvalue weighted by atomic mass is 10.2. The summed E-state index contributed by atoms with van der Waals surface area (Å²) in [5, 5.41) is 3.08. The number of hydrogen-bond acceptors (Lipinski definition) is 5. The zero-order valence-corrected chi connectivity index (χ0v) is 10.7. The molecule has 0 aromatic heterocycles. The highest BCUT2D eigenvalue weighted by Crippen LogP contribution is 2.11. The Morgan fingerprint density at radius 1 is 1.59 bits per heavy atom. The first-order chi connectivity index (χ1) is 8.24. The molecule has 1 saturated heterocycles. The van der Waals surface area contributed by atoms with Crippen LogP contribution in [-0.4, -0.2) is 51.6 Å². The Labute approximate surface area is 103 Å². The fourth-order valence-electron chi connectivity index (χ4n) is 1.74. The van der Waals surface area contributed by atoms with Gasteiger partial charge in [0.2, 0.25) is 0 Å². The molecule has 5 nitrogen and oxygen atoms in total. The first-order valence-corrected chi connectivity index (χ1v) is 6.24. The molecule has 17 heavy (non-hydrogen) atoms. The summed E-state index contributed by atoms with van der Waals surface area (Å²) in [6.07, 6.45) is 3.43. The Bertz CT molecular complexity index is 217. The summed E-state index contributed by atoms with van der Waals surface area (Å²) >= 11 is 0. The van der Waals surface area contributed by atoms with E-state index in [-0.39, 0.29) is 18.1 Å². The van der Waals surface area contributed by atoms with Gasteiger partial charge < -0.3 is 19.5 Å². The summed E-state index contributed by atoms with van der Waals surface area (Å²) < 4.78 is 15.6. The van der Waals surface area contributed by atoms with Crippen molar-refractivity contribution >= 4 is 5.97 Å². The van der Waals surface area contributed by atoms with Crippen molar-refractivity contribution in [1.29, 1.82) is 0 Å². The standard InChI is InChI=1S/C12H23NO4/c1-10(12(14)15-2)13-6-4-7-16-9-11-5-3-8-17-11/h10-11,13H,3-9H2,1-2H3. The molecule has 0 saturated carbocycles. The van der Waals surface area contributed by atoms with Crippen molar-refractivity contribution in [2.45, 2.75) is 38.3 Å². The second-order valence-electron chi connectivity index (χ2n) is 4.26. The zero-order chi connectivity index (χ0) is 12.5. The third-order valence-electron chi connectivity index (χ3n) is 2.80. The van der Waals surface area contributed by atoms with Crippen molar-refractivity contribution in [2.24, 2.45) is 0 Å². The van der Waals surface area contributed by atoms with Gasteiger partial charge in [0.25, 0.3) is 0 Å². The first kappa shape index (κ1) is 14.4. The Balaban J connectivity index is 1.88. The minimum Gasteiger partial charge on any atom is -0.468 e. The third-order valence-corrected chi connectivity index (χ3v) is 2.80. The van der Waals surface area contributed by atoms with Gasteiger partial charge in [-0.05, 0) is 32.7 Å². The average molecular weight is 245 g/mol. The average Bonchev–Trinajstić information content (AvgIpc) is 2.85. The maximum atomic E-state index is 11.1. The zero-order valence-electron chi connectivity index (χ0n) is 10.7. The van der Waals surface area contributed by atoms with E-state index in [4.69, 9.17) is 9.47 Å². The van der Waals surface area contributed by atoms with Crippen LogP contribution < -0.4 is 5.32 Å². The fraction of sp³-hybridized carbons (Fsp3) is 0.917. The van der Waals surface area contributed by atoms with E-state index in [1.165, 1.54) is 7.11 Å². The molecule has 2 atom stereocenters. The molecule has 1 N–H and O–H groups in total. The van der Waals surface area contributed by atoms with Gasteiger partial charge in [-0.3, -0.25) is 4.79 Å². The Morgan fingerprint density at radius 3 is 3.06 bits per heavy atom. The molecule has 5 heteroatoms. The molecular weight excluding hydrogens is 222 g/mol. The minimum atomic E-state index is -0.252. The van der Waals surface area contributed by atoms with E-state index < -0.39 is 0 Å². The molecule has 0 amide bonds. The van der Waals surface area contributed by atoms with Gasteiger partial charge in [0, 0.05) is 13.2 Å². The molecule has 0 bridgehead atoms. The van der Waals surface area contributed by atoms with Gasteiger partial charge in [-0.15, -0.1) is 0 Å². The molecule has 1 aliphatic rings. The predicted molar refractivity (Wildman–Crippen MR) is 63.9 cm³/mol. The summed E-state index contributed by atoms with van der Waals surface area (Å²) in [5.74, 6) is -0.231. The third kappa shape index (κ3) is 6.00. The lowest BCUT2D eigenvalue weighted by molar-refractivity contribution is -0.142. The number of ether oxygens (including phenoxy) is 3. The first-order valence-electron chi connectivity index (χ1n) is 6.24. The Morgan fingerprint density at radius 2 is 2.41 bits per heavy atom. The van der Waals surface area contributed by atoms with Crippen LogP contribution in [0.15, 0.2) is 0 Å². The Hall–Kier alpha value is -0.650. The van der Waals surface area contributed by atoms with Crippen molar-refractivity contribution in [1.82, 2.24) is 5.32 Å².